The molecule has 1 amide bonds. The molecule has 0 aliphatic carbocycles. The molecule has 1 heterocycles. The molecule has 0 aliphatic rings. The molecule has 98 valence electrons. The van der Waals surface area contributed by atoms with E-state index in [1.54, 1.807) is 6.20 Å². The predicted octanol–water partition coefficient (Wildman–Crippen LogP) is 1.18. The highest BCUT2D eigenvalue weighted by atomic mass is 16.6. The average molecular weight is 257 g/mol. The summed E-state index contributed by atoms with van der Waals surface area (Å²) >= 11 is 0. The fraction of sp³-hybridized carbons (Fsp3) is 0.143. The minimum Gasteiger partial charge on any atom is -0.368 e. The molecule has 0 fully saturated rings. The minimum absolute atomic E-state index is 0.184. The maximum Gasteiger partial charge on any atom is 0.245 e. The second-order valence-corrected chi connectivity index (χ2v) is 3.97. The van der Waals surface area contributed by atoms with Gasteiger partial charge in [0.25, 0.3) is 0 Å². The molecule has 19 heavy (non-hydrogen) atoms. The number of rotatable bonds is 6. The van der Waals surface area contributed by atoms with Gasteiger partial charge in [0, 0.05) is 6.20 Å². The van der Waals surface area contributed by atoms with Crippen LogP contribution in [0, 0.1) is 0 Å². The van der Waals surface area contributed by atoms with Crippen molar-refractivity contribution in [3.8, 4) is 0 Å². The van der Waals surface area contributed by atoms with Crippen LogP contribution in [0.5, 0.6) is 0 Å². The fourth-order valence-corrected chi connectivity index (χ4v) is 1.69. The van der Waals surface area contributed by atoms with Crippen LogP contribution in [0.15, 0.2) is 54.7 Å². The number of benzene rings is 1. The summed E-state index contributed by atoms with van der Waals surface area (Å²) in [6.45, 7) is -0.184. The van der Waals surface area contributed by atoms with Gasteiger partial charge in [0.15, 0.2) is 0 Å². The van der Waals surface area contributed by atoms with Gasteiger partial charge in [0.05, 0.1) is 11.7 Å². The first-order chi connectivity index (χ1) is 9.27. The van der Waals surface area contributed by atoms with Crippen LogP contribution in [-0.2, 0) is 9.63 Å². The highest BCUT2D eigenvalue weighted by Crippen LogP contribution is 2.19. The molecule has 5 nitrogen and oxygen atoms in total. The number of hydroxylamine groups is 1. The van der Waals surface area contributed by atoms with Gasteiger partial charge in [-0.1, -0.05) is 36.4 Å². The number of hydrogen-bond donors (Lipinski definition) is 2. The zero-order valence-corrected chi connectivity index (χ0v) is 10.3. The Morgan fingerprint density at radius 2 is 1.95 bits per heavy atom. The van der Waals surface area contributed by atoms with E-state index < -0.39 is 5.91 Å². The van der Waals surface area contributed by atoms with E-state index in [0.29, 0.717) is 0 Å². The third kappa shape index (κ3) is 3.87. The largest absolute Gasteiger partial charge is 0.368 e. The number of nitrogens with one attached hydrogen (secondary N) is 1. The van der Waals surface area contributed by atoms with Crippen LogP contribution < -0.4 is 11.2 Å². The smallest absolute Gasteiger partial charge is 0.245 e. The van der Waals surface area contributed by atoms with Crippen molar-refractivity contribution in [2.45, 2.75) is 6.04 Å². The van der Waals surface area contributed by atoms with Crippen molar-refractivity contribution in [2.75, 3.05) is 6.61 Å². The van der Waals surface area contributed by atoms with E-state index in [-0.39, 0.29) is 12.6 Å². The van der Waals surface area contributed by atoms with E-state index in [1.165, 1.54) is 0 Å². The van der Waals surface area contributed by atoms with Crippen molar-refractivity contribution >= 4 is 5.91 Å². The molecule has 1 atom stereocenters. The summed E-state index contributed by atoms with van der Waals surface area (Å²) in [6, 6.07) is 15.1. The van der Waals surface area contributed by atoms with Gasteiger partial charge in [-0.15, -0.1) is 0 Å². The maximum absolute atomic E-state index is 10.7. The normalized spacial score (nSPS) is 12.0. The molecule has 2 aromatic rings. The lowest BCUT2D eigenvalue weighted by molar-refractivity contribution is -0.125. The number of hydrogen-bond acceptors (Lipinski definition) is 4. The van der Waals surface area contributed by atoms with Crippen LogP contribution in [0.1, 0.15) is 17.3 Å². The van der Waals surface area contributed by atoms with E-state index in [4.69, 9.17) is 10.6 Å². The lowest BCUT2D eigenvalue weighted by Crippen LogP contribution is -2.29. The minimum atomic E-state index is -0.527. The first kappa shape index (κ1) is 13.2. The van der Waals surface area contributed by atoms with E-state index in [2.05, 4.69) is 10.5 Å². The van der Waals surface area contributed by atoms with Crippen molar-refractivity contribution in [3.63, 3.8) is 0 Å². The number of nitrogens with zero attached hydrogens (tertiary/aromatic N) is 1. The molecular weight excluding hydrogens is 242 g/mol. The molecule has 0 saturated heterocycles. The van der Waals surface area contributed by atoms with Crippen molar-refractivity contribution < 1.29 is 9.63 Å². The number of primary amides is 1. The number of carbonyl (C=O) groups excluding carboxylic acids is 1. The van der Waals surface area contributed by atoms with Crippen LogP contribution in [0.3, 0.4) is 0 Å². The molecule has 2 rings (SSSR count). The summed E-state index contributed by atoms with van der Waals surface area (Å²) in [7, 11) is 0. The first-order valence-corrected chi connectivity index (χ1v) is 5.89. The van der Waals surface area contributed by atoms with Gasteiger partial charge in [-0.05, 0) is 17.7 Å². The van der Waals surface area contributed by atoms with Crippen molar-refractivity contribution in [1.82, 2.24) is 10.5 Å². The molecule has 0 saturated carbocycles. The fourth-order valence-electron chi connectivity index (χ4n) is 1.69. The van der Waals surface area contributed by atoms with Crippen LogP contribution in [0.4, 0.5) is 0 Å². The second kappa shape index (κ2) is 6.63. The number of amides is 1. The summed E-state index contributed by atoms with van der Waals surface area (Å²) in [5.74, 6) is -0.527. The quantitative estimate of drug-likeness (QED) is 0.762. The lowest BCUT2D eigenvalue weighted by Gasteiger charge is -2.17. The molecule has 0 bridgehead atoms. The van der Waals surface area contributed by atoms with E-state index in [1.807, 2.05) is 48.5 Å². The first-order valence-electron chi connectivity index (χ1n) is 5.89. The Balaban J connectivity index is 2.17. The molecule has 0 aliphatic heterocycles. The van der Waals surface area contributed by atoms with Gasteiger partial charge < -0.3 is 5.73 Å². The Bertz CT molecular complexity index is 477. The van der Waals surface area contributed by atoms with E-state index in [0.717, 1.165) is 11.3 Å². The number of pyridine rings is 1. The molecule has 1 unspecified atom stereocenters. The molecule has 1 aromatic carbocycles. The topological polar surface area (TPSA) is 77.2 Å². The third-order valence-corrected chi connectivity index (χ3v) is 2.53. The molecule has 3 N–H and O–H groups in total. The Hall–Kier alpha value is -2.24. The zero-order chi connectivity index (χ0) is 13.5. The van der Waals surface area contributed by atoms with Crippen molar-refractivity contribution in [1.29, 1.82) is 0 Å². The van der Waals surface area contributed by atoms with Crippen molar-refractivity contribution in [2.24, 2.45) is 5.73 Å². The number of aromatic nitrogens is 1. The van der Waals surface area contributed by atoms with E-state index >= 15 is 0 Å². The molecule has 5 heteroatoms. The van der Waals surface area contributed by atoms with Crippen LogP contribution >= 0.6 is 0 Å². The predicted molar refractivity (Wildman–Crippen MR) is 70.8 cm³/mol. The summed E-state index contributed by atoms with van der Waals surface area (Å²) in [5.41, 5.74) is 9.65. The molecule has 0 radical (unpaired) electrons. The summed E-state index contributed by atoms with van der Waals surface area (Å²) in [6.07, 6.45) is 1.71. The Kier molecular flexibility index (Phi) is 4.60. The highest BCUT2D eigenvalue weighted by molar-refractivity contribution is 5.74. The van der Waals surface area contributed by atoms with Crippen LogP contribution in [0.25, 0.3) is 0 Å². The van der Waals surface area contributed by atoms with Gasteiger partial charge in [-0.3, -0.25) is 14.6 Å². The Labute approximate surface area is 111 Å². The van der Waals surface area contributed by atoms with Gasteiger partial charge in [-0.25, -0.2) is 0 Å². The second-order valence-electron chi connectivity index (χ2n) is 3.97. The third-order valence-electron chi connectivity index (χ3n) is 2.53. The van der Waals surface area contributed by atoms with Gasteiger partial charge >= 0.3 is 0 Å². The number of nitrogens with two attached hydrogens (primary N) is 1. The lowest BCUT2D eigenvalue weighted by atomic mass is 10.0. The Morgan fingerprint density at radius 1 is 1.21 bits per heavy atom. The number of carbonyl (C=O) groups is 1. The Morgan fingerprint density at radius 3 is 2.58 bits per heavy atom. The highest BCUT2D eigenvalue weighted by Gasteiger charge is 2.15. The van der Waals surface area contributed by atoms with Crippen LogP contribution in [0.2, 0.25) is 0 Å². The average Bonchev–Trinajstić information content (AvgIpc) is 2.45. The van der Waals surface area contributed by atoms with Gasteiger partial charge in [0.2, 0.25) is 5.91 Å². The standard InChI is InChI=1S/C14H15N3O2/c15-13(18)10-19-17-14(11-6-2-1-3-7-11)12-8-4-5-9-16-12/h1-9,14,17H,10H2,(H2,15,18). The summed E-state index contributed by atoms with van der Waals surface area (Å²) in [5, 5.41) is 0. The molecule has 1 aromatic heterocycles. The monoisotopic (exact) mass is 257 g/mol. The maximum atomic E-state index is 10.7. The molecular formula is C14H15N3O2. The van der Waals surface area contributed by atoms with Gasteiger partial charge in [0.1, 0.15) is 6.61 Å². The SMILES string of the molecule is NC(=O)CONC(c1ccccc1)c1ccccn1. The summed E-state index contributed by atoms with van der Waals surface area (Å²) < 4.78 is 0. The zero-order valence-electron chi connectivity index (χ0n) is 10.3. The van der Waals surface area contributed by atoms with Gasteiger partial charge in [-0.2, -0.15) is 5.48 Å². The van der Waals surface area contributed by atoms with Crippen molar-refractivity contribution in [3.05, 3.63) is 66.0 Å². The summed E-state index contributed by atoms with van der Waals surface area (Å²) in [4.78, 5) is 20.1. The van der Waals surface area contributed by atoms with Crippen LogP contribution in [-0.4, -0.2) is 17.5 Å². The molecule has 0 spiro atoms. The van der Waals surface area contributed by atoms with E-state index in [9.17, 15) is 4.79 Å².